The van der Waals surface area contributed by atoms with Gasteiger partial charge in [0.05, 0.1) is 11.8 Å². The van der Waals surface area contributed by atoms with Gasteiger partial charge in [0, 0.05) is 12.2 Å². The number of benzene rings is 2. The molecule has 2 aromatic carbocycles. The molecule has 3 aromatic rings. The highest BCUT2D eigenvalue weighted by molar-refractivity contribution is 6.39. The lowest BCUT2D eigenvalue weighted by Crippen LogP contribution is -2.37. The minimum absolute atomic E-state index is 0.0680. The maximum Gasteiger partial charge on any atom is 0.313 e. The summed E-state index contributed by atoms with van der Waals surface area (Å²) in [7, 11) is 0. The van der Waals surface area contributed by atoms with E-state index >= 15 is 0 Å². The number of rotatable bonds is 5. The number of aliphatic hydroxyl groups excluding tert-OH is 1. The molecule has 0 radical (unpaired) electrons. The first-order chi connectivity index (χ1) is 13.4. The topological polar surface area (TPSA) is 142 Å². The van der Waals surface area contributed by atoms with Gasteiger partial charge >= 0.3 is 11.8 Å². The molecule has 2 amide bonds. The average Bonchev–Trinajstić information content (AvgIpc) is 3.12. The van der Waals surface area contributed by atoms with Crippen molar-refractivity contribution in [3.63, 3.8) is 0 Å². The second-order valence-corrected chi connectivity index (χ2v) is 5.96. The number of carbonyl (C=O) groups excluding carboxylic acids is 2. The van der Waals surface area contributed by atoms with E-state index in [1.165, 1.54) is 28.9 Å². The molecule has 4 N–H and O–H groups in total. The van der Waals surface area contributed by atoms with Gasteiger partial charge in [0.15, 0.2) is 5.82 Å². The van der Waals surface area contributed by atoms with Crippen LogP contribution in [-0.4, -0.2) is 48.8 Å². The third-order valence-corrected chi connectivity index (χ3v) is 3.91. The Morgan fingerprint density at radius 3 is 2.57 bits per heavy atom. The molecule has 3 rings (SSSR count). The third-order valence-electron chi connectivity index (χ3n) is 3.91. The fourth-order valence-electron chi connectivity index (χ4n) is 2.46. The van der Waals surface area contributed by atoms with E-state index in [4.69, 9.17) is 0 Å². The number of carbonyl (C=O) groups is 2. The Balaban J connectivity index is 1.58. The molecular weight excluding hydrogens is 364 g/mol. The molecule has 28 heavy (non-hydrogen) atoms. The number of nitrogens with zero attached hydrogens (tertiary/aromatic N) is 4. The fraction of sp³-hybridized carbons (Fsp3) is 0.167. The van der Waals surface area contributed by atoms with Gasteiger partial charge in [-0.3, -0.25) is 9.59 Å². The largest absolute Gasteiger partial charge is 0.508 e. The summed E-state index contributed by atoms with van der Waals surface area (Å²) in [6.07, 6.45) is -1.01. The van der Waals surface area contributed by atoms with Crippen molar-refractivity contribution in [1.29, 1.82) is 0 Å². The second-order valence-electron chi connectivity index (χ2n) is 5.96. The molecule has 0 fully saturated rings. The number of nitrogens with one attached hydrogen (secondary N) is 2. The van der Waals surface area contributed by atoms with Crippen LogP contribution in [0.3, 0.4) is 0 Å². The van der Waals surface area contributed by atoms with E-state index in [-0.39, 0.29) is 12.3 Å². The van der Waals surface area contributed by atoms with E-state index in [9.17, 15) is 19.8 Å². The number of anilines is 1. The van der Waals surface area contributed by atoms with Crippen molar-refractivity contribution in [2.45, 2.75) is 13.0 Å². The molecule has 1 atom stereocenters. The Morgan fingerprint density at radius 1 is 1.14 bits per heavy atom. The zero-order valence-corrected chi connectivity index (χ0v) is 14.9. The van der Waals surface area contributed by atoms with E-state index in [1.807, 2.05) is 0 Å². The van der Waals surface area contributed by atoms with Gasteiger partial charge in [0.25, 0.3) is 0 Å². The molecule has 0 aliphatic rings. The molecule has 0 saturated heterocycles. The highest BCUT2D eigenvalue weighted by Gasteiger charge is 2.16. The first-order valence-electron chi connectivity index (χ1n) is 8.35. The average molecular weight is 382 g/mol. The predicted octanol–water partition coefficient (Wildman–Crippen LogP) is 0.465. The zero-order chi connectivity index (χ0) is 20.1. The molecule has 10 nitrogen and oxygen atoms in total. The maximum atomic E-state index is 12.1. The van der Waals surface area contributed by atoms with Gasteiger partial charge < -0.3 is 20.8 Å². The van der Waals surface area contributed by atoms with Crippen molar-refractivity contribution < 1.29 is 19.8 Å². The minimum atomic E-state index is -1.01. The Morgan fingerprint density at radius 2 is 1.89 bits per heavy atom. The molecule has 0 aliphatic heterocycles. The second kappa shape index (κ2) is 8.27. The van der Waals surface area contributed by atoms with Crippen molar-refractivity contribution in [2.24, 2.45) is 0 Å². The summed E-state index contributed by atoms with van der Waals surface area (Å²) in [4.78, 5) is 24.1. The number of aliphatic hydroxyl groups is 1. The Bertz CT molecular complexity index is 986. The van der Waals surface area contributed by atoms with E-state index in [0.29, 0.717) is 22.8 Å². The zero-order valence-electron chi connectivity index (χ0n) is 14.9. The summed E-state index contributed by atoms with van der Waals surface area (Å²) in [5.74, 6) is -1.12. The normalized spacial score (nSPS) is 11.6. The third kappa shape index (κ3) is 4.48. The van der Waals surface area contributed by atoms with Crippen LogP contribution in [0.4, 0.5) is 5.69 Å². The SMILES string of the molecule is Cc1nnnn1-c1cccc(NC(=O)C(=O)NC[C@@H](O)c2ccc(O)cc2)c1. The molecular formula is C18H18N6O4. The monoisotopic (exact) mass is 382 g/mol. The van der Waals surface area contributed by atoms with Gasteiger partial charge in [-0.05, 0) is 53.2 Å². The molecule has 0 aliphatic carbocycles. The van der Waals surface area contributed by atoms with Gasteiger partial charge in [0.1, 0.15) is 5.75 Å². The van der Waals surface area contributed by atoms with Crippen LogP contribution in [-0.2, 0) is 9.59 Å². The van der Waals surface area contributed by atoms with Gasteiger partial charge in [-0.2, -0.15) is 4.68 Å². The van der Waals surface area contributed by atoms with Crippen molar-refractivity contribution in [1.82, 2.24) is 25.5 Å². The first-order valence-corrected chi connectivity index (χ1v) is 8.35. The lowest BCUT2D eigenvalue weighted by Gasteiger charge is -2.12. The fourth-order valence-corrected chi connectivity index (χ4v) is 2.46. The van der Waals surface area contributed by atoms with Crippen LogP contribution in [0.25, 0.3) is 5.69 Å². The summed E-state index contributed by atoms with van der Waals surface area (Å²) in [6.45, 7) is 1.58. The van der Waals surface area contributed by atoms with E-state index in [2.05, 4.69) is 26.2 Å². The number of aryl methyl sites for hydroxylation is 1. The van der Waals surface area contributed by atoms with Crippen LogP contribution in [0, 0.1) is 6.92 Å². The quantitative estimate of drug-likeness (QED) is 0.470. The van der Waals surface area contributed by atoms with Crippen LogP contribution in [0.2, 0.25) is 0 Å². The van der Waals surface area contributed by atoms with Gasteiger partial charge in [-0.15, -0.1) is 5.10 Å². The lowest BCUT2D eigenvalue weighted by molar-refractivity contribution is -0.136. The standard InChI is InChI=1S/C18H18N6O4/c1-11-21-22-23-24(11)14-4-2-3-13(9-14)20-18(28)17(27)19-10-16(26)12-5-7-15(25)8-6-12/h2-9,16,25-26H,10H2,1H3,(H,19,27)(H,20,28)/t16-/m1/s1. The minimum Gasteiger partial charge on any atom is -0.508 e. The maximum absolute atomic E-state index is 12.1. The molecule has 0 spiro atoms. The summed E-state index contributed by atoms with van der Waals surface area (Å²) in [6, 6.07) is 12.6. The number of aromatic hydroxyl groups is 1. The van der Waals surface area contributed by atoms with Gasteiger partial charge in [-0.1, -0.05) is 18.2 Å². The lowest BCUT2D eigenvalue weighted by atomic mass is 10.1. The number of hydrogen-bond acceptors (Lipinski definition) is 7. The molecule has 0 bridgehead atoms. The first kappa shape index (κ1) is 19.0. The van der Waals surface area contributed by atoms with Crippen LogP contribution < -0.4 is 10.6 Å². The molecule has 144 valence electrons. The van der Waals surface area contributed by atoms with Gasteiger partial charge in [0.2, 0.25) is 0 Å². The summed E-state index contributed by atoms with van der Waals surface area (Å²) in [5, 5.41) is 35.4. The summed E-state index contributed by atoms with van der Waals surface area (Å²) < 4.78 is 1.49. The molecule has 1 aromatic heterocycles. The van der Waals surface area contributed by atoms with Crippen LogP contribution in [0.15, 0.2) is 48.5 Å². The van der Waals surface area contributed by atoms with Crippen LogP contribution >= 0.6 is 0 Å². The number of hydrogen-bond donors (Lipinski definition) is 4. The number of phenols is 1. The number of tetrazole rings is 1. The Hall–Kier alpha value is -3.79. The van der Waals surface area contributed by atoms with Crippen molar-refractivity contribution in [3.8, 4) is 11.4 Å². The smallest absolute Gasteiger partial charge is 0.313 e. The summed E-state index contributed by atoms with van der Waals surface area (Å²) in [5.41, 5.74) is 1.53. The number of aromatic nitrogens is 4. The van der Waals surface area contributed by atoms with Crippen molar-refractivity contribution in [2.75, 3.05) is 11.9 Å². The van der Waals surface area contributed by atoms with Crippen LogP contribution in [0.5, 0.6) is 5.75 Å². The van der Waals surface area contributed by atoms with E-state index in [1.54, 1.807) is 31.2 Å². The van der Waals surface area contributed by atoms with E-state index < -0.39 is 17.9 Å². The molecule has 1 heterocycles. The highest BCUT2D eigenvalue weighted by Crippen LogP contribution is 2.16. The number of phenolic OH excluding ortho intramolecular Hbond substituents is 1. The van der Waals surface area contributed by atoms with Crippen molar-refractivity contribution >= 4 is 17.5 Å². The number of amides is 2. The van der Waals surface area contributed by atoms with Crippen LogP contribution in [0.1, 0.15) is 17.5 Å². The van der Waals surface area contributed by atoms with Crippen molar-refractivity contribution in [3.05, 3.63) is 59.9 Å². The molecule has 0 unspecified atom stereocenters. The van der Waals surface area contributed by atoms with E-state index in [0.717, 1.165) is 0 Å². The highest BCUT2D eigenvalue weighted by atomic mass is 16.3. The van der Waals surface area contributed by atoms with Gasteiger partial charge in [-0.25, -0.2) is 0 Å². The molecule has 10 heteroatoms. The molecule has 0 saturated carbocycles. The summed E-state index contributed by atoms with van der Waals surface area (Å²) >= 11 is 0. The predicted molar refractivity (Wildman–Crippen MR) is 98.6 cm³/mol. The Labute approximate surface area is 159 Å². The Kier molecular flexibility index (Phi) is 5.61.